The minimum absolute atomic E-state index is 0.0733. The van der Waals surface area contributed by atoms with Crippen LogP contribution in [-0.4, -0.2) is 18.1 Å². The highest BCUT2D eigenvalue weighted by Gasteiger charge is 2.28. The van der Waals surface area contributed by atoms with Gasteiger partial charge in [0, 0.05) is 6.20 Å². The second-order valence-corrected chi connectivity index (χ2v) is 3.79. The Hall–Kier alpha value is -0.715. The van der Waals surface area contributed by atoms with Crippen LogP contribution in [0.2, 0.25) is 0 Å². The standard InChI is InChI=1S/C6H8BF3NOS/c1-4(2)12-6-11-3-5(13-6)7(8,9)10/h3-4H,1-2H3/q-1. The Morgan fingerprint density at radius 1 is 1.46 bits per heavy atom. The summed E-state index contributed by atoms with van der Waals surface area (Å²) in [6, 6.07) is 0. The topological polar surface area (TPSA) is 22.1 Å². The van der Waals surface area contributed by atoms with Crippen molar-refractivity contribution in [2.24, 2.45) is 0 Å². The van der Waals surface area contributed by atoms with Gasteiger partial charge in [0.2, 0.25) is 0 Å². The Labute approximate surface area is 77.8 Å². The molecule has 1 rings (SSSR count). The van der Waals surface area contributed by atoms with E-state index in [1.807, 2.05) is 0 Å². The molecule has 0 atom stereocenters. The predicted molar refractivity (Wildman–Crippen MR) is 46.6 cm³/mol. The quantitative estimate of drug-likeness (QED) is 0.711. The maximum Gasteiger partial charge on any atom is 0.521 e. The largest absolute Gasteiger partial charge is 0.521 e. The van der Waals surface area contributed by atoms with Gasteiger partial charge < -0.3 is 17.7 Å². The number of aromatic nitrogens is 1. The van der Waals surface area contributed by atoms with E-state index in [0.29, 0.717) is 11.3 Å². The van der Waals surface area contributed by atoms with Crippen LogP contribution in [0.3, 0.4) is 0 Å². The van der Waals surface area contributed by atoms with Gasteiger partial charge in [0.25, 0.3) is 5.19 Å². The van der Waals surface area contributed by atoms with Gasteiger partial charge in [0.15, 0.2) is 0 Å². The summed E-state index contributed by atoms with van der Waals surface area (Å²) >= 11 is 0.538. The zero-order valence-corrected chi connectivity index (χ0v) is 7.95. The number of nitrogens with zero attached hydrogens (tertiary/aromatic N) is 1. The van der Waals surface area contributed by atoms with Crippen LogP contribution in [0, 0.1) is 0 Å². The zero-order valence-electron chi connectivity index (χ0n) is 7.13. The first-order chi connectivity index (χ1) is 5.89. The van der Waals surface area contributed by atoms with E-state index in [-0.39, 0.29) is 11.3 Å². The Kier molecular flexibility index (Phi) is 2.85. The van der Waals surface area contributed by atoms with Gasteiger partial charge in [-0.05, 0) is 18.6 Å². The zero-order chi connectivity index (χ0) is 10.1. The van der Waals surface area contributed by atoms with E-state index in [1.54, 1.807) is 13.8 Å². The number of halogens is 3. The van der Waals surface area contributed by atoms with Crippen LogP contribution in [0.5, 0.6) is 5.19 Å². The van der Waals surface area contributed by atoms with E-state index in [2.05, 4.69) is 4.98 Å². The maximum atomic E-state index is 12.1. The molecule has 0 aliphatic rings. The van der Waals surface area contributed by atoms with Crippen LogP contribution in [-0.2, 0) is 0 Å². The molecule has 7 heteroatoms. The molecule has 0 aromatic carbocycles. The highest BCUT2D eigenvalue weighted by Crippen LogP contribution is 2.20. The van der Waals surface area contributed by atoms with Gasteiger partial charge in [-0.15, -0.1) is 11.3 Å². The Balaban J connectivity index is 2.75. The van der Waals surface area contributed by atoms with Crippen molar-refractivity contribution in [3.8, 4) is 5.19 Å². The number of ether oxygens (including phenoxy) is 1. The van der Waals surface area contributed by atoms with Crippen molar-refractivity contribution in [3.63, 3.8) is 0 Å². The molecule has 0 N–H and O–H groups in total. The third-order valence-electron chi connectivity index (χ3n) is 1.16. The van der Waals surface area contributed by atoms with Gasteiger partial charge in [0.05, 0.1) is 6.10 Å². The van der Waals surface area contributed by atoms with Gasteiger partial charge in [-0.25, -0.2) is 4.98 Å². The molecule has 13 heavy (non-hydrogen) atoms. The second kappa shape index (κ2) is 3.57. The fraction of sp³-hybridized carbons (Fsp3) is 0.500. The summed E-state index contributed by atoms with van der Waals surface area (Å²) in [4.78, 5) is 3.51. The maximum absolute atomic E-state index is 12.1. The average Bonchev–Trinajstić information content (AvgIpc) is 2.32. The summed E-state index contributed by atoms with van der Waals surface area (Å²) in [7, 11) is 0. The molecule has 0 saturated heterocycles. The van der Waals surface area contributed by atoms with Crippen molar-refractivity contribution in [1.82, 2.24) is 4.98 Å². The fourth-order valence-corrected chi connectivity index (χ4v) is 1.46. The molecule has 1 heterocycles. The van der Waals surface area contributed by atoms with E-state index in [1.165, 1.54) is 0 Å². The van der Waals surface area contributed by atoms with Crippen molar-refractivity contribution >= 4 is 23.1 Å². The minimum atomic E-state index is -4.94. The highest BCUT2D eigenvalue weighted by atomic mass is 32.1. The van der Waals surface area contributed by atoms with Crippen molar-refractivity contribution in [2.45, 2.75) is 20.0 Å². The molecule has 0 aliphatic heterocycles. The first kappa shape index (κ1) is 10.4. The fourth-order valence-electron chi connectivity index (χ4n) is 0.677. The summed E-state index contributed by atoms with van der Waals surface area (Å²) in [6.07, 6.45) is 0.655. The predicted octanol–water partition coefficient (Wildman–Crippen LogP) is 1.98. The van der Waals surface area contributed by atoms with Crippen LogP contribution < -0.4 is 9.51 Å². The van der Waals surface area contributed by atoms with E-state index in [9.17, 15) is 12.9 Å². The molecular weight excluding hydrogens is 202 g/mol. The Morgan fingerprint density at radius 2 is 2.08 bits per heavy atom. The SMILES string of the molecule is CC(C)Oc1ncc([B-](F)(F)F)s1. The minimum Gasteiger partial charge on any atom is -0.467 e. The molecule has 0 aliphatic carbocycles. The Bertz CT molecular complexity index is 286. The molecule has 0 amide bonds. The lowest BCUT2D eigenvalue weighted by molar-refractivity contribution is 0.241. The summed E-state index contributed by atoms with van der Waals surface area (Å²) in [5.41, 5.74) is 0. The third-order valence-corrected chi connectivity index (χ3v) is 2.15. The van der Waals surface area contributed by atoms with Crippen molar-refractivity contribution in [2.75, 3.05) is 0 Å². The smallest absolute Gasteiger partial charge is 0.467 e. The van der Waals surface area contributed by atoms with Gasteiger partial charge in [0.1, 0.15) is 0 Å². The van der Waals surface area contributed by atoms with Crippen molar-refractivity contribution in [1.29, 1.82) is 0 Å². The summed E-state index contributed by atoms with van der Waals surface area (Å²) in [5, 5.41) is 0.0733. The number of hydrogen-bond acceptors (Lipinski definition) is 3. The Morgan fingerprint density at radius 3 is 2.46 bits per heavy atom. The molecule has 0 fully saturated rings. The third kappa shape index (κ3) is 2.91. The van der Waals surface area contributed by atoms with Crippen LogP contribution in [0.15, 0.2) is 6.20 Å². The lowest BCUT2D eigenvalue weighted by atomic mass is 9.91. The summed E-state index contributed by atoms with van der Waals surface area (Å²) < 4.78 is 40.7. The molecule has 0 radical (unpaired) electrons. The molecular formula is C6H8BF3NOS-. The lowest BCUT2D eigenvalue weighted by Crippen LogP contribution is -2.30. The normalized spacial score (nSPS) is 12.2. The highest BCUT2D eigenvalue weighted by molar-refractivity contribution is 7.24. The number of thiazole rings is 1. The van der Waals surface area contributed by atoms with Crippen molar-refractivity contribution in [3.05, 3.63) is 6.20 Å². The van der Waals surface area contributed by atoms with Crippen LogP contribution >= 0.6 is 11.3 Å². The molecule has 1 aromatic rings. The molecule has 0 bridgehead atoms. The number of hydrogen-bond donors (Lipinski definition) is 0. The summed E-state index contributed by atoms with van der Waals surface area (Å²) in [6.45, 7) is -1.47. The van der Waals surface area contributed by atoms with Gasteiger partial charge >= 0.3 is 6.98 Å². The van der Waals surface area contributed by atoms with Crippen molar-refractivity contribution < 1.29 is 17.7 Å². The van der Waals surface area contributed by atoms with E-state index < -0.39 is 11.8 Å². The number of rotatable bonds is 3. The monoisotopic (exact) mass is 210 g/mol. The summed E-state index contributed by atoms with van der Waals surface area (Å²) in [5.74, 6) is 0. The van der Waals surface area contributed by atoms with E-state index in [4.69, 9.17) is 4.74 Å². The first-order valence-electron chi connectivity index (χ1n) is 3.72. The first-order valence-corrected chi connectivity index (χ1v) is 4.53. The molecule has 1 aromatic heterocycles. The molecule has 74 valence electrons. The molecule has 0 unspecified atom stereocenters. The van der Waals surface area contributed by atoms with Crippen LogP contribution in [0.4, 0.5) is 12.9 Å². The van der Waals surface area contributed by atoms with Gasteiger partial charge in [-0.2, -0.15) is 0 Å². The van der Waals surface area contributed by atoms with E-state index in [0.717, 1.165) is 6.20 Å². The second-order valence-electron chi connectivity index (χ2n) is 2.77. The van der Waals surface area contributed by atoms with Gasteiger partial charge in [-0.1, -0.05) is 0 Å². The van der Waals surface area contributed by atoms with Gasteiger partial charge in [-0.3, -0.25) is 0 Å². The molecule has 2 nitrogen and oxygen atoms in total. The van der Waals surface area contributed by atoms with Crippen LogP contribution in [0.25, 0.3) is 0 Å². The lowest BCUT2D eigenvalue weighted by Gasteiger charge is -2.09. The molecule has 0 saturated carbocycles. The molecule has 0 spiro atoms. The average molecular weight is 210 g/mol. The van der Waals surface area contributed by atoms with Crippen LogP contribution in [0.1, 0.15) is 13.8 Å². The van der Waals surface area contributed by atoms with E-state index >= 15 is 0 Å².